The van der Waals surface area contributed by atoms with Crippen LogP contribution in [0, 0.1) is 0 Å². The topological polar surface area (TPSA) is 102 Å². The van der Waals surface area contributed by atoms with Crippen molar-refractivity contribution in [3.05, 3.63) is 96.6 Å². The molecule has 0 unspecified atom stereocenters. The van der Waals surface area contributed by atoms with Crippen molar-refractivity contribution in [2.45, 2.75) is 25.3 Å². The van der Waals surface area contributed by atoms with Gasteiger partial charge < -0.3 is 15.2 Å². The molecule has 5 aromatic rings. The normalized spacial score (nSPS) is 16.9. The third kappa shape index (κ3) is 7.31. The molecule has 3 aromatic heterocycles. The summed E-state index contributed by atoms with van der Waals surface area (Å²) in [5.41, 5.74) is 6.34. The van der Waals surface area contributed by atoms with Gasteiger partial charge in [-0.3, -0.25) is 14.8 Å². The second kappa shape index (κ2) is 14.3. The van der Waals surface area contributed by atoms with Crippen LogP contribution in [0.15, 0.2) is 85.2 Å². The summed E-state index contributed by atoms with van der Waals surface area (Å²) in [6, 6.07) is 25.2. The molecule has 0 atom stereocenters. The lowest BCUT2D eigenvalue weighted by Crippen LogP contribution is -2.45. The highest BCUT2D eigenvalue weighted by Gasteiger charge is 2.24. The molecule has 10 nitrogen and oxygen atoms in total. The zero-order chi connectivity index (χ0) is 31.1. The van der Waals surface area contributed by atoms with Gasteiger partial charge in [0.15, 0.2) is 5.82 Å². The van der Waals surface area contributed by atoms with Gasteiger partial charge in [0.25, 0.3) is 0 Å². The Labute approximate surface area is 270 Å². The molecular formula is C36H42N10. The highest BCUT2D eigenvalue weighted by molar-refractivity contribution is 5.80. The van der Waals surface area contributed by atoms with Gasteiger partial charge in [-0.05, 0) is 56.2 Å². The van der Waals surface area contributed by atoms with Crippen molar-refractivity contribution in [2.75, 3.05) is 64.7 Å². The van der Waals surface area contributed by atoms with E-state index in [0.29, 0.717) is 11.9 Å². The molecule has 236 valence electrons. The van der Waals surface area contributed by atoms with Crippen LogP contribution in [0.1, 0.15) is 30.1 Å². The van der Waals surface area contributed by atoms with Gasteiger partial charge in [-0.25, -0.2) is 9.97 Å². The van der Waals surface area contributed by atoms with E-state index in [1.807, 2.05) is 30.5 Å². The fourth-order valence-electron chi connectivity index (χ4n) is 6.38. The van der Waals surface area contributed by atoms with E-state index in [9.17, 15) is 0 Å². The molecule has 0 radical (unpaired) electrons. The lowest BCUT2D eigenvalue weighted by Gasteiger charge is -2.32. The van der Waals surface area contributed by atoms with E-state index in [0.717, 1.165) is 111 Å². The number of nitrogens with one attached hydrogen (secondary N) is 2. The predicted molar refractivity (Wildman–Crippen MR) is 182 cm³/mol. The molecule has 2 aliphatic heterocycles. The van der Waals surface area contributed by atoms with Crippen molar-refractivity contribution < 1.29 is 0 Å². The van der Waals surface area contributed by atoms with Gasteiger partial charge in [0.2, 0.25) is 5.95 Å². The van der Waals surface area contributed by atoms with Crippen molar-refractivity contribution in [2.24, 2.45) is 0 Å². The molecule has 2 aliphatic rings. The maximum Gasteiger partial charge on any atom is 0.223 e. The van der Waals surface area contributed by atoms with Crippen molar-refractivity contribution in [3.63, 3.8) is 0 Å². The third-order valence-corrected chi connectivity index (χ3v) is 9.20. The molecule has 2 saturated heterocycles. The van der Waals surface area contributed by atoms with Crippen molar-refractivity contribution in [1.82, 2.24) is 44.8 Å². The first-order valence-corrected chi connectivity index (χ1v) is 16.4. The Morgan fingerprint density at radius 3 is 2.33 bits per heavy atom. The maximum atomic E-state index is 5.04. The number of nitrogens with zero attached hydrogens (tertiary/aromatic N) is 8. The summed E-state index contributed by atoms with van der Waals surface area (Å²) < 4.78 is 0. The van der Waals surface area contributed by atoms with E-state index in [2.05, 4.69) is 95.8 Å². The van der Waals surface area contributed by atoms with Gasteiger partial charge in [-0.2, -0.15) is 0 Å². The summed E-state index contributed by atoms with van der Waals surface area (Å²) in [5.74, 6) is 2.78. The van der Waals surface area contributed by atoms with Crippen LogP contribution in [0.2, 0.25) is 0 Å². The average molecular weight is 615 g/mol. The lowest BCUT2D eigenvalue weighted by atomic mass is 9.95. The molecule has 0 amide bonds. The summed E-state index contributed by atoms with van der Waals surface area (Å²) in [6.45, 7) is 9.26. The second-order valence-corrected chi connectivity index (χ2v) is 12.4. The van der Waals surface area contributed by atoms with Crippen LogP contribution in [0.3, 0.4) is 0 Å². The number of likely N-dealkylation sites (N-methyl/N-ethyl adjacent to an activating group) is 1. The lowest BCUT2D eigenvalue weighted by molar-refractivity contribution is 0.158. The minimum Gasteiger partial charge on any atom is -0.353 e. The number of likely N-dealkylation sites (tertiary alicyclic amines) is 1. The number of anilines is 1. The van der Waals surface area contributed by atoms with Crippen LogP contribution in [0.4, 0.5) is 5.95 Å². The third-order valence-electron chi connectivity index (χ3n) is 9.20. The van der Waals surface area contributed by atoms with Crippen LogP contribution in [0.5, 0.6) is 0 Å². The maximum absolute atomic E-state index is 5.04. The summed E-state index contributed by atoms with van der Waals surface area (Å²) in [5, 5.41) is 12.3. The molecule has 0 bridgehead atoms. The predicted octanol–water partition coefficient (Wildman–Crippen LogP) is 5.03. The zero-order valence-electron chi connectivity index (χ0n) is 26.5. The summed E-state index contributed by atoms with van der Waals surface area (Å²) in [4.78, 5) is 25.0. The zero-order valence-corrected chi connectivity index (χ0v) is 26.5. The number of benzene rings is 2. The number of H-pyrrole nitrogens is 1. The van der Waals surface area contributed by atoms with E-state index in [-0.39, 0.29) is 0 Å². The van der Waals surface area contributed by atoms with Crippen LogP contribution >= 0.6 is 0 Å². The average Bonchev–Trinajstić information content (AvgIpc) is 3.61. The smallest absolute Gasteiger partial charge is 0.223 e. The largest absolute Gasteiger partial charge is 0.353 e. The number of hydrogen-bond acceptors (Lipinski definition) is 9. The summed E-state index contributed by atoms with van der Waals surface area (Å²) in [6.07, 6.45) is 5.85. The van der Waals surface area contributed by atoms with E-state index < -0.39 is 0 Å². The molecule has 0 spiro atoms. The van der Waals surface area contributed by atoms with E-state index in [1.165, 1.54) is 5.56 Å². The Balaban J connectivity index is 0.988. The van der Waals surface area contributed by atoms with Crippen LogP contribution < -0.4 is 5.32 Å². The van der Waals surface area contributed by atoms with Crippen LogP contribution in [-0.2, 0) is 6.54 Å². The number of aromatic amines is 1. The number of rotatable bonds is 10. The Kier molecular flexibility index (Phi) is 9.36. The van der Waals surface area contributed by atoms with Crippen LogP contribution in [0.25, 0.3) is 33.9 Å². The molecule has 5 heterocycles. The van der Waals surface area contributed by atoms with Gasteiger partial charge in [0.1, 0.15) is 11.5 Å². The van der Waals surface area contributed by atoms with Crippen molar-refractivity contribution in [1.29, 1.82) is 0 Å². The Morgan fingerprint density at radius 2 is 1.57 bits per heavy atom. The standard InChI is InChI=1S/C36H42N10/c1-44-21-23-45(24-22-44)20-17-38-36-39-25-31(28-7-3-2-4-8-28)33(40-36)29-12-10-27(11-13-29)26-46-18-14-30(15-19-46)34-41-35(43-42-34)32-9-5-6-16-37-32/h2-13,16,25,30H,14-15,17-24,26H2,1H3,(H,38,39,40)(H,41,42,43). The Morgan fingerprint density at radius 1 is 0.783 bits per heavy atom. The summed E-state index contributed by atoms with van der Waals surface area (Å²) >= 11 is 0. The van der Waals surface area contributed by atoms with Gasteiger partial charge in [-0.15, -0.1) is 10.2 Å². The first-order valence-electron chi connectivity index (χ1n) is 16.4. The first kappa shape index (κ1) is 30.2. The fraction of sp³-hybridized carbons (Fsp3) is 0.361. The Bertz CT molecular complexity index is 1670. The number of aromatic nitrogens is 6. The first-order chi connectivity index (χ1) is 22.7. The quantitative estimate of drug-likeness (QED) is 0.224. The highest BCUT2D eigenvalue weighted by Crippen LogP contribution is 2.32. The number of piperazine rings is 1. The number of piperidine rings is 1. The molecule has 46 heavy (non-hydrogen) atoms. The molecule has 2 fully saturated rings. The minimum absolute atomic E-state index is 0.391. The SMILES string of the molecule is CN1CCN(CCNc2ncc(-c3ccccc3)c(-c3ccc(CN4CCC(c5nnc(-c6ccccn6)[nH]5)CC4)cc3)n2)CC1. The van der Waals surface area contributed by atoms with Crippen LogP contribution in [-0.4, -0.2) is 104 Å². The molecule has 2 aromatic carbocycles. The van der Waals surface area contributed by atoms with Crippen molar-refractivity contribution in [3.8, 4) is 33.9 Å². The van der Waals surface area contributed by atoms with E-state index in [1.54, 1.807) is 6.20 Å². The van der Waals surface area contributed by atoms with E-state index in [4.69, 9.17) is 9.97 Å². The van der Waals surface area contributed by atoms with Gasteiger partial charge >= 0.3 is 0 Å². The monoisotopic (exact) mass is 614 g/mol. The number of hydrogen-bond donors (Lipinski definition) is 2. The summed E-state index contributed by atoms with van der Waals surface area (Å²) in [7, 11) is 2.19. The van der Waals surface area contributed by atoms with E-state index >= 15 is 0 Å². The molecule has 0 aliphatic carbocycles. The molecular weight excluding hydrogens is 572 g/mol. The second-order valence-electron chi connectivity index (χ2n) is 12.4. The highest BCUT2D eigenvalue weighted by atomic mass is 15.3. The van der Waals surface area contributed by atoms with Gasteiger partial charge in [0, 0.05) is 75.3 Å². The van der Waals surface area contributed by atoms with Crippen molar-refractivity contribution >= 4 is 5.95 Å². The molecule has 7 rings (SSSR count). The minimum atomic E-state index is 0.391. The fourth-order valence-corrected chi connectivity index (χ4v) is 6.38. The van der Waals surface area contributed by atoms with Gasteiger partial charge in [0.05, 0.1) is 5.69 Å². The molecule has 0 saturated carbocycles. The molecule has 2 N–H and O–H groups in total. The number of pyridine rings is 1. The van der Waals surface area contributed by atoms with Gasteiger partial charge in [-0.1, -0.05) is 60.7 Å². The Hall–Kier alpha value is -4.51. The molecule has 10 heteroatoms.